The lowest BCUT2D eigenvalue weighted by Crippen LogP contribution is -1.99. The molecule has 15 heavy (non-hydrogen) atoms. The molecule has 0 radical (unpaired) electrons. The van der Waals surface area contributed by atoms with Crippen LogP contribution in [0.3, 0.4) is 0 Å². The number of benzene rings is 1. The summed E-state index contributed by atoms with van der Waals surface area (Å²) in [4.78, 5) is 14.9. The van der Waals surface area contributed by atoms with E-state index in [9.17, 15) is 9.18 Å². The second-order valence-corrected chi connectivity index (χ2v) is 3.71. The van der Waals surface area contributed by atoms with Gasteiger partial charge in [-0.05, 0) is 34.1 Å². The lowest BCUT2D eigenvalue weighted by Gasteiger charge is -2.04. The van der Waals surface area contributed by atoms with Gasteiger partial charge >= 0.3 is 5.97 Å². The molecule has 1 aromatic heterocycles. The van der Waals surface area contributed by atoms with Crippen LogP contribution in [0.2, 0.25) is 0 Å². The maximum atomic E-state index is 13.2. The third kappa shape index (κ3) is 1.59. The maximum absolute atomic E-state index is 13.2. The Hall–Kier alpha value is -1.49. The van der Waals surface area contributed by atoms with Crippen LogP contribution in [0.15, 0.2) is 28.9 Å². The predicted molar refractivity (Wildman–Crippen MR) is 56.4 cm³/mol. The Morgan fingerprint density at radius 1 is 1.40 bits per heavy atom. The van der Waals surface area contributed by atoms with E-state index in [1.807, 2.05) is 0 Å². The fourth-order valence-electron chi connectivity index (χ4n) is 1.36. The monoisotopic (exact) mass is 269 g/mol. The van der Waals surface area contributed by atoms with E-state index in [1.165, 1.54) is 24.4 Å². The average Bonchev–Trinajstić information content (AvgIpc) is 2.23. The summed E-state index contributed by atoms with van der Waals surface area (Å²) < 4.78 is 13.4. The second kappa shape index (κ2) is 3.58. The first kappa shape index (κ1) is 10.0. The van der Waals surface area contributed by atoms with E-state index < -0.39 is 11.8 Å². The molecule has 0 atom stereocenters. The molecule has 0 bridgehead atoms. The average molecular weight is 270 g/mol. The van der Waals surface area contributed by atoms with Gasteiger partial charge in [-0.3, -0.25) is 4.98 Å². The van der Waals surface area contributed by atoms with Crippen LogP contribution >= 0.6 is 15.9 Å². The molecule has 1 aromatic carbocycles. The molecule has 2 aromatic rings. The molecule has 3 nitrogen and oxygen atoms in total. The zero-order valence-corrected chi connectivity index (χ0v) is 8.95. The summed E-state index contributed by atoms with van der Waals surface area (Å²) >= 11 is 3.02. The molecule has 5 heteroatoms. The number of hydrogen-bond donors (Lipinski definition) is 1. The largest absolute Gasteiger partial charge is 0.478 e. The van der Waals surface area contributed by atoms with Gasteiger partial charge in [0.25, 0.3) is 0 Å². The van der Waals surface area contributed by atoms with Gasteiger partial charge < -0.3 is 5.11 Å². The number of carboxylic acid groups (broad SMARTS) is 1. The van der Waals surface area contributed by atoms with Gasteiger partial charge in [0.15, 0.2) is 0 Å². The smallest absolute Gasteiger partial charge is 0.336 e. The number of hydrogen-bond acceptors (Lipinski definition) is 2. The maximum Gasteiger partial charge on any atom is 0.336 e. The molecule has 76 valence electrons. The summed E-state index contributed by atoms with van der Waals surface area (Å²) in [6.07, 6.45) is 1.39. The van der Waals surface area contributed by atoms with E-state index in [4.69, 9.17) is 5.11 Å². The Kier molecular flexibility index (Phi) is 2.40. The van der Waals surface area contributed by atoms with Gasteiger partial charge in [-0.25, -0.2) is 9.18 Å². The molecule has 0 spiro atoms. The van der Waals surface area contributed by atoms with Crippen molar-refractivity contribution in [3.63, 3.8) is 0 Å². The standard InChI is InChI=1S/C10H5BrFNO2/c11-9-6(12)1-2-7-8(9)5(10(14)15)3-4-13-7/h1-4H,(H,14,15). The van der Waals surface area contributed by atoms with Crippen molar-refractivity contribution in [3.8, 4) is 0 Å². The van der Waals surface area contributed by atoms with Crippen LogP contribution in [0.5, 0.6) is 0 Å². The van der Waals surface area contributed by atoms with Gasteiger partial charge in [0, 0.05) is 11.6 Å². The van der Waals surface area contributed by atoms with Crippen LogP contribution in [-0.4, -0.2) is 16.1 Å². The van der Waals surface area contributed by atoms with Crippen LogP contribution in [0, 0.1) is 5.82 Å². The third-order valence-corrected chi connectivity index (χ3v) is 2.80. The minimum atomic E-state index is -1.10. The van der Waals surface area contributed by atoms with Crippen LogP contribution in [0.25, 0.3) is 10.9 Å². The van der Waals surface area contributed by atoms with Gasteiger partial charge in [-0.2, -0.15) is 0 Å². The summed E-state index contributed by atoms with van der Waals surface area (Å²) in [5.41, 5.74) is 0.481. The molecule has 0 saturated heterocycles. The molecule has 0 saturated carbocycles. The van der Waals surface area contributed by atoms with E-state index in [-0.39, 0.29) is 15.4 Å². The van der Waals surface area contributed by atoms with Gasteiger partial charge in [-0.15, -0.1) is 0 Å². The van der Waals surface area contributed by atoms with Crippen molar-refractivity contribution in [1.29, 1.82) is 0 Å². The normalized spacial score (nSPS) is 10.5. The van der Waals surface area contributed by atoms with E-state index in [2.05, 4.69) is 20.9 Å². The van der Waals surface area contributed by atoms with E-state index in [0.29, 0.717) is 5.52 Å². The van der Waals surface area contributed by atoms with E-state index >= 15 is 0 Å². The highest BCUT2D eigenvalue weighted by molar-refractivity contribution is 9.10. The number of aromatic carboxylic acids is 1. The first-order chi connectivity index (χ1) is 7.11. The molecule has 0 fully saturated rings. The Balaban J connectivity index is 2.94. The van der Waals surface area contributed by atoms with Crippen molar-refractivity contribution < 1.29 is 14.3 Å². The van der Waals surface area contributed by atoms with Crippen molar-refractivity contribution >= 4 is 32.8 Å². The van der Waals surface area contributed by atoms with Crippen LogP contribution in [0.4, 0.5) is 4.39 Å². The third-order valence-electron chi connectivity index (χ3n) is 2.03. The minimum absolute atomic E-state index is 0.0337. The fourth-order valence-corrected chi connectivity index (χ4v) is 1.91. The molecular formula is C10H5BrFNO2. The summed E-state index contributed by atoms with van der Waals surface area (Å²) in [6, 6.07) is 4.03. The minimum Gasteiger partial charge on any atom is -0.478 e. The van der Waals surface area contributed by atoms with E-state index in [0.717, 1.165) is 0 Å². The second-order valence-electron chi connectivity index (χ2n) is 2.92. The highest BCUT2D eigenvalue weighted by Crippen LogP contribution is 2.28. The van der Waals surface area contributed by atoms with Crippen LogP contribution in [0.1, 0.15) is 10.4 Å². The van der Waals surface area contributed by atoms with Gasteiger partial charge in [0.2, 0.25) is 0 Å². The van der Waals surface area contributed by atoms with Crippen LogP contribution < -0.4 is 0 Å². The van der Waals surface area contributed by atoms with Crippen molar-refractivity contribution in [1.82, 2.24) is 4.98 Å². The number of aromatic nitrogens is 1. The number of rotatable bonds is 1. The quantitative estimate of drug-likeness (QED) is 0.866. The molecule has 1 heterocycles. The van der Waals surface area contributed by atoms with Crippen molar-refractivity contribution in [2.45, 2.75) is 0 Å². The molecular weight excluding hydrogens is 265 g/mol. The SMILES string of the molecule is O=C(O)c1ccnc2ccc(F)c(Br)c12. The molecule has 2 rings (SSSR count). The Labute approximate surface area is 92.7 Å². The van der Waals surface area contributed by atoms with E-state index in [1.54, 1.807) is 0 Å². The predicted octanol–water partition coefficient (Wildman–Crippen LogP) is 2.83. The zero-order valence-electron chi connectivity index (χ0n) is 7.37. The highest BCUT2D eigenvalue weighted by atomic mass is 79.9. The number of nitrogens with zero attached hydrogens (tertiary/aromatic N) is 1. The van der Waals surface area contributed by atoms with Crippen LogP contribution in [-0.2, 0) is 0 Å². The summed E-state index contributed by atoms with van der Waals surface area (Å²) in [5, 5.41) is 9.21. The summed E-state index contributed by atoms with van der Waals surface area (Å²) in [7, 11) is 0. The Bertz CT molecular complexity index is 556. The first-order valence-corrected chi connectivity index (χ1v) is 4.86. The number of carbonyl (C=O) groups is 1. The van der Waals surface area contributed by atoms with Gasteiger partial charge in [0.05, 0.1) is 15.6 Å². The lowest BCUT2D eigenvalue weighted by atomic mass is 10.1. The first-order valence-electron chi connectivity index (χ1n) is 4.07. The molecule has 0 aliphatic heterocycles. The number of halogens is 2. The summed E-state index contributed by atoms with van der Waals surface area (Å²) in [6.45, 7) is 0. The molecule has 0 aliphatic rings. The molecule has 0 unspecified atom stereocenters. The zero-order chi connectivity index (χ0) is 11.0. The molecule has 0 amide bonds. The van der Waals surface area contributed by atoms with Crippen molar-refractivity contribution in [3.05, 3.63) is 40.2 Å². The Morgan fingerprint density at radius 3 is 2.80 bits per heavy atom. The number of fused-ring (bicyclic) bond motifs is 1. The Morgan fingerprint density at radius 2 is 2.13 bits per heavy atom. The highest BCUT2D eigenvalue weighted by Gasteiger charge is 2.14. The molecule has 0 aliphatic carbocycles. The van der Waals surface area contributed by atoms with Gasteiger partial charge in [-0.1, -0.05) is 0 Å². The summed E-state index contributed by atoms with van der Waals surface area (Å²) in [5.74, 6) is -1.60. The van der Waals surface area contributed by atoms with Crippen molar-refractivity contribution in [2.75, 3.05) is 0 Å². The lowest BCUT2D eigenvalue weighted by molar-refractivity contribution is 0.0699. The molecule has 1 N–H and O–H groups in total. The van der Waals surface area contributed by atoms with Gasteiger partial charge in [0.1, 0.15) is 5.82 Å². The topological polar surface area (TPSA) is 50.2 Å². The fraction of sp³-hybridized carbons (Fsp3) is 0. The number of carboxylic acids is 1. The van der Waals surface area contributed by atoms with Crippen molar-refractivity contribution in [2.24, 2.45) is 0 Å². The number of pyridine rings is 1.